The van der Waals surface area contributed by atoms with Gasteiger partial charge in [0.25, 0.3) is 0 Å². The monoisotopic (exact) mass is 420 g/mol. The Labute approximate surface area is 193 Å². The van der Waals surface area contributed by atoms with E-state index in [0.29, 0.717) is 0 Å². The van der Waals surface area contributed by atoms with E-state index in [2.05, 4.69) is 122 Å². The molecule has 0 N–H and O–H groups in total. The van der Waals surface area contributed by atoms with Gasteiger partial charge in [-0.3, -0.25) is 0 Å². The van der Waals surface area contributed by atoms with Crippen molar-refractivity contribution in [2.75, 3.05) is 0 Å². The predicted octanol–water partition coefficient (Wildman–Crippen LogP) is 7.03. The van der Waals surface area contributed by atoms with Crippen molar-refractivity contribution < 1.29 is 0 Å². The Bertz CT molecular complexity index is 1800. The predicted molar refractivity (Wildman–Crippen MR) is 142 cm³/mol. The van der Waals surface area contributed by atoms with E-state index in [1.165, 1.54) is 59.5 Å². The van der Waals surface area contributed by atoms with E-state index < -0.39 is 0 Å². The number of benzene rings is 5. The van der Waals surface area contributed by atoms with E-state index in [-0.39, 0.29) is 5.41 Å². The van der Waals surface area contributed by atoms with E-state index >= 15 is 0 Å². The third kappa shape index (κ3) is 2.71. The molecule has 0 aliphatic heterocycles. The average Bonchev–Trinajstić information content (AvgIpc) is 2.85. The third-order valence-electron chi connectivity index (χ3n) is 7.54. The van der Waals surface area contributed by atoms with Crippen molar-refractivity contribution in [1.82, 2.24) is 0 Å². The van der Waals surface area contributed by atoms with Crippen molar-refractivity contribution in [2.24, 2.45) is 5.41 Å². The van der Waals surface area contributed by atoms with Crippen LogP contribution in [0.5, 0.6) is 0 Å². The van der Waals surface area contributed by atoms with Crippen LogP contribution in [0.25, 0.3) is 44.0 Å². The normalized spacial score (nSPS) is 19.3. The van der Waals surface area contributed by atoms with Crippen LogP contribution in [0.2, 0.25) is 0 Å². The highest BCUT2D eigenvalue weighted by Crippen LogP contribution is 2.45. The molecule has 2 aliphatic carbocycles. The number of rotatable bonds is 1. The molecule has 0 spiro atoms. The number of hydrogen-bond donors (Lipinski definition) is 0. The zero-order valence-corrected chi connectivity index (χ0v) is 18.7. The summed E-state index contributed by atoms with van der Waals surface area (Å²) in [5.41, 5.74) is 4.16. The summed E-state index contributed by atoms with van der Waals surface area (Å²) in [5, 5.41) is 10.5. The highest BCUT2D eigenvalue weighted by atomic mass is 14.4. The van der Waals surface area contributed by atoms with Gasteiger partial charge in [-0.2, -0.15) is 0 Å². The second-order valence-electron chi connectivity index (χ2n) is 9.62. The summed E-state index contributed by atoms with van der Waals surface area (Å²) in [6, 6.07) is 33.7. The van der Waals surface area contributed by atoms with Gasteiger partial charge in [-0.05, 0) is 78.0 Å². The molecular formula is C33H24. The Kier molecular flexibility index (Phi) is 3.84. The molecule has 156 valence electrons. The Morgan fingerprint density at radius 1 is 0.667 bits per heavy atom. The first kappa shape index (κ1) is 18.7. The fourth-order valence-electron chi connectivity index (χ4n) is 5.91. The Hall–Kier alpha value is -3.90. The molecule has 0 saturated heterocycles. The van der Waals surface area contributed by atoms with Gasteiger partial charge in [-0.25, -0.2) is 0 Å². The van der Waals surface area contributed by atoms with Crippen LogP contribution in [-0.4, -0.2) is 0 Å². The van der Waals surface area contributed by atoms with Crippen LogP contribution in [0.3, 0.4) is 0 Å². The minimum atomic E-state index is 0.0215. The summed E-state index contributed by atoms with van der Waals surface area (Å²) in [5.74, 6) is 0. The quantitative estimate of drug-likeness (QED) is 0.202. The van der Waals surface area contributed by atoms with Gasteiger partial charge in [0, 0.05) is 5.41 Å². The lowest BCUT2D eigenvalue weighted by Gasteiger charge is -2.35. The molecular weight excluding hydrogens is 396 g/mol. The van der Waals surface area contributed by atoms with Crippen molar-refractivity contribution in [3.63, 3.8) is 0 Å². The lowest BCUT2D eigenvalue weighted by atomic mass is 9.68. The lowest BCUT2D eigenvalue weighted by Crippen LogP contribution is -2.38. The summed E-state index contributed by atoms with van der Waals surface area (Å²) >= 11 is 0. The molecule has 0 heteroatoms. The van der Waals surface area contributed by atoms with Gasteiger partial charge in [0.1, 0.15) is 0 Å². The second kappa shape index (κ2) is 6.80. The number of allylic oxidation sites excluding steroid dienone is 4. The van der Waals surface area contributed by atoms with Crippen LogP contribution in [0.4, 0.5) is 0 Å². The van der Waals surface area contributed by atoms with Crippen LogP contribution in [0, 0.1) is 5.41 Å². The lowest BCUT2D eigenvalue weighted by molar-refractivity contribution is 0.566. The average molecular weight is 421 g/mol. The first-order chi connectivity index (χ1) is 16.2. The topological polar surface area (TPSA) is 0 Å². The van der Waals surface area contributed by atoms with Gasteiger partial charge >= 0.3 is 0 Å². The van der Waals surface area contributed by atoms with Gasteiger partial charge in [-0.15, -0.1) is 0 Å². The van der Waals surface area contributed by atoms with E-state index in [9.17, 15) is 0 Å². The number of fused-ring (bicyclic) bond motifs is 6. The van der Waals surface area contributed by atoms with E-state index in [0.717, 1.165) is 6.42 Å². The first-order valence-electron chi connectivity index (χ1n) is 11.8. The molecule has 5 aromatic rings. The van der Waals surface area contributed by atoms with E-state index in [1.807, 2.05) is 0 Å². The minimum absolute atomic E-state index is 0.0215. The summed E-state index contributed by atoms with van der Waals surface area (Å²) in [6.45, 7) is 2.38. The molecule has 0 nitrogen and oxygen atoms in total. The summed E-state index contributed by atoms with van der Waals surface area (Å²) in [6.07, 6.45) is 10.4. The van der Waals surface area contributed by atoms with Crippen LogP contribution < -0.4 is 10.4 Å². The minimum Gasteiger partial charge on any atom is -0.0833 e. The Balaban J connectivity index is 1.62. The summed E-state index contributed by atoms with van der Waals surface area (Å²) in [4.78, 5) is 0. The van der Waals surface area contributed by atoms with Crippen molar-refractivity contribution in [3.05, 3.63) is 131 Å². The SMILES string of the molecule is CC12C=c3ccccc3=C(c3cccc4c3ccc3cc5ccccc5cc34)C1=CC=CC2. The van der Waals surface area contributed by atoms with Gasteiger partial charge in [0.2, 0.25) is 0 Å². The maximum Gasteiger partial charge on any atom is 0.0154 e. The van der Waals surface area contributed by atoms with Crippen molar-refractivity contribution in [1.29, 1.82) is 0 Å². The molecule has 0 saturated carbocycles. The van der Waals surface area contributed by atoms with E-state index in [1.54, 1.807) is 0 Å². The maximum absolute atomic E-state index is 2.47. The van der Waals surface area contributed by atoms with Crippen LogP contribution in [0.1, 0.15) is 18.9 Å². The van der Waals surface area contributed by atoms with Gasteiger partial charge in [0.15, 0.2) is 0 Å². The summed E-state index contributed by atoms with van der Waals surface area (Å²) < 4.78 is 0. The largest absolute Gasteiger partial charge is 0.0833 e. The Morgan fingerprint density at radius 3 is 2.39 bits per heavy atom. The molecule has 1 atom stereocenters. The number of hydrogen-bond acceptors (Lipinski definition) is 0. The fraction of sp³-hybridized carbons (Fsp3) is 0.0909. The highest BCUT2D eigenvalue weighted by molar-refractivity contribution is 6.15. The van der Waals surface area contributed by atoms with E-state index in [4.69, 9.17) is 0 Å². The summed E-state index contributed by atoms with van der Waals surface area (Å²) in [7, 11) is 0. The Morgan fingerprint density at radius 2 is 1.48 bits per heavy atom. The van der Waals surface area contributed by atoms with Crippen LogP contribution in [0.15, 0.2) is 115 Å². The molecule has 5 aromatic carbocycles. The molecule has 33 heavy (non-hydrogen) atoms. The molecule has 0 bridgehead atoms. The molecule has 0 amide bonds. The highest BCUT2D eigenvalue weighted by Gasteiger charge is 2.33. The van der Waals surface area contributed by atoms with Gasteiger partial charge in [0.05, 0.1) is 0 Å². The zero-order valence-electron chi connectivity index (χ0n) is 18.7. The van der Waals surface area contributed by atoms with Crippen molar-refractivity contribution >= 4 is 44.0 Å². The smallest absolute Gasteiger partial charge is 0.0154 e. The molecule has 0 heterocycles. The molecule has 1 unspecified atom stereocenters. The first-order valence-corrected chi connectivity index (χ1v) is 11.8. The van der Waals surface area contributed by atoms with Crippen LogP contribution in [-0.2, 0) is 0 Å². The second-order valence-corrected chi connectivity index (χ2v) is 9.62. The molecule has 2 aliphatic rings. The third-order valence-corrected chi connectivity index (χ3v) is 7.54. The molecule has 0 radical (unpaired) electrons. The molecule has 0 aromatic heterocycles. The van der Waals surface area contributed by atoms with Gasteiger partial charge in [-0.1, -0.05) is 110 Å². The van der Waals surface area contributed by atoms with Crippen molar-refractivity contribution in [2.45, 2.75) is 13.3 Å². The molecule has 0 fully saturated rings. The fourth-order valence-corrected chi connectivity index (χ4v) is 5.91. The van der Waals surface area contributed by atoms with Crippen molar-refractivity contribution in [3.8, 4) is 0 Å². The van der Waals surface area contributed by atoms with Gasteiger partial charge < -0.3 is 0 Å². The van der Waals surface area contributed by atoms with Crippen LogP contribution >= 0.6 is 0 Å². The maximum atomic E-state index is 2.47. The standard InChI is InChI=1S/C33H24/c1-33-18-7-6-15-31(33)32(26-12-5-4-11-25(26)21-33)29-14-8-13-27-28(29)17-16-24-19-22-9-2-3-10-23(22)20-30(24)27/h2-17,19-21H,18H2,1H3. The zero-order chi connectivity index (χ0) is 22.0. The molecule has 7 rings (SSSR count).